The molecule has 0 bridgehead atoms. The second kappa shape index (κ2) is 10.2. The number of hydrogen-bond acceptors (Lipinski definition) is 4. The molecule has 0 atom stereocenters. The molecule has 6 nitrogen and oxygen atoms in total. The Bertz CT molecular complexity index is 762. The van der Waals surface area contributed by atoms with Gasteiger partial charge in [0, 0.05) is 20.0 Å². The zero-order valence-corrected chi connectivity index (χ0v) is 16.0. The third-order valence-corrected chi connectivity index (χ3v) is 4.18. The number of nitrogens with zero attached hydrogens (tertiary/aromatic N) is 1. The number of hydrogen-bond donors (Lipinski definition) is 1. The van der Waals surface area contributed by atoms with Gasteiger partial charge in [-0.25, -0.2) is 0 Å². The van der Waals surface area contributed by atoms with Gasteiger partial charge < -0.3 is 19.7 Å². The lowest BCUT2D eigenvalue weighted by atomic mass is 10.1. The van der Waals surface area contributed by atoms with Crippen LogP contribution in [0.1, 0.15) is 18.1 Å². The second-order valence-electron chi connectivity index (χ2n) is 6.15. The van der Waals surface area contributed by atoms with Gasteiger partial charge in [0.1, 0.15) is 0 Å². The summed E-state index contributed by atoms with van der Waals surface area (Å²) in [4.78, 5) is 25.6. The van der Waals surface area contributed by atoms with Crippen molar-refractivity contribution in [3.63, 3.8) is 0 Å². The number of nitrogens with one attached hydrogen (secondary N) is 1. The minimum atomic E-state index is -0.179. The second-order valence-corrected chi connectivity index (χ2v) is 6.15. The molecule has 2 rings (SSSR count). The molecular formula is C21H26N2O4. The molecule has 0 heterocycles. The van der Waals surface area contributed by atoms with Crippen molar-refractivity contribution in [1.29, 1.82) is 0 Å². The Labute approximate surface area is 160 Å². The van der Waals surface area contributed by atoms with Gasteiger partial charge in [-0.05, 0) is 29.7 Å². The Morgan fingerprint density at radius 1 is 0.963 bits per heavy atom. The van der Waals surface area contributed by atoms with Gasteiger partial charge >= 0.3 is 0 Å². The maximum atomic E-state index is 12.2. The van der Waals surface area contributed by atoms with E-state index in [1.165, 1.54) is 11.8 Å². The molecule has 27 heavy (non-hydrogen) atoms. The van der Waals surface area contributed by atoms with Crippen LogP contribution in [0.5, 0.6) is 11.5 Å². The lowest BCUT2D eigenvalue weighted by molar-refractivity contribution is -0.134. The summed E-state index contributed by atoms with van der Waals surface area (Å²) in [5, 5.41) is 2.86. The molecule has 2 amide bonds. The summed E-state index contributed by atoms with van der Waals surface area (Å²) >= 11 is 0. The zero-order valence-electron chi connectivity index (χ0n) is 16.0. The minimum Gasteiger partial charge on any atom is -0.493 e. The number of benzene rings is 2. The third-order valence-electron chi connectivity index (χ3n) is 4.18. The van der Waals surface area contributed by atoms with Crippen LogP contribution in [0.3, 0.4) is 0 Å². The monoisotopic (exact) mass is 370 g/mol. The molecule has 0 aromatic heterocycles. The maximum absolute atomic E-state index is 12.2. The van der Waals surface area contributed by atoms with Crippen LogP contribution in [-0.4, -0.2) is 44.0 Å². The predicted octanol–water partition coefficient (Wildman–Crippen LogP) is 2.41. The summed E-state index contributed by atoms with van der Waals surface area (Å²) in [6, 6.07) is 15.3. The fourth-order valence-electron chi connectivity index (χ4n) is 2.69. The summed E-state index contributed by atoms with van der Waals surface area (Å²) in [7, 11) is 3.18. The SMILES string of the molecule is COc1ccc(CCNC(=O)CN(Cc2ccccc2)C(C)=O)cc1OC. The van der Waals surface area contributed by atoms with Crippen LogP contribution >= 0.6 is 0 Å². The number of ether oxygens (including phenoxy) is 2. The number of carbonyl (C=O) groups is 2. The summed E-state index contributed by atoms with van der Waals surface area (Å²) in [5.41, 5.74) is 2.02. The van der Waals surface area contributed by atoms with Gasteiger partial charge in [0.15, 0.2) is 11.5 Å². The van der Waals surface area contributed by atoms with E-state index in [4.69, 9.17) is 9.47 Å². The van der Waals surface area contributed by atoms with E-state index < -0.39 is 0 Å². The van der Waals surface area contributed by atoms with E-state index in [1.807, 2.05) is 48.5 Å². The highest BCUT2D eigenvalue weighted by Crippen LogP contribution is 2.27. The van der Waals surface area contributed by atoms with E-state index in [-0.39, 0.29) is 18.4 Å². The first kappa shape index (κ1) is 20.3. The number of methoxy groups -OCH3 is 2. The predicted molar refractivity (Wildman–Crippen MR) is 104 cm³/mol. The van der Waals surface area contributed by atoms with E-state index in [9.17, 15) is 9.59 Å². The molecule has 0 spiro atoms. The molecule has 0 unspecified atom stereocenters. The van der Waals surface area contributed by atoms with Crippen molar-refractivity contribution in [2.24, 2.45) is 0 Å². The zero-order chi connectivity index (χ0) is 19.6. The molecule has 0 aliphatic heterocycles. The van der Waals surface area contributed by atoms with E-state index in [1.54, 1.807) is 14.2 Å². The molecule has 0 saturated heterocycles. The van der Waals surface area contributed by atoms with Crippen LogP contribution in [0, 0.1) is 0 Å². The molecule has 0 radical (unpaired) electrons. The lowest BCUT2D eigenvalue weighted by Crippen LogP contribution is -2.39. The van der Waals surface area contributed by atoms with Crippen LogP contribution in [0.2, 0.25) is 0 Å². The van der Waals surface area contributed by atoms with Crippen molar-refractivity contribution >= 4 is 11.8 Å². The molecule has 0 fully saturated rings. The molecule has 6 heteroatoms. The van der Waals surface area contributed by atoms with E-state index in [0.29, 0.717) is 31.0 Å². The Hall–Kier alpha value is -3.02. The molecule has 1 N–H and O–H groups in total. The van der Waals surface area contributed by atoms with Gasteiger partial charge in [-0.1, -0.05) is 36.4 Å². The van der Waals surface area contributed by atoms with Gasteiger partial charge in [-0.3, -0.25) is 9.59 Å². The molecule has 0 aliphatic carbocycles. The summed E-state index contributed by atoms with van der Waals surface area (Å²) in [6.07, 6.45) is 0.658. The van der Waals surface area contributed by atoms with E-state index >= 15 is 0 Å². The lowest BCUT2D eigenvalue weighted by Gasteiger charge is -2.20. The summed E-state index contributed by atoms with van der Waals surface area (Å²) in [6.45, 7) is 2.40. The van der Waals surface area contributed by atoms with Crippen LogP contribution in [0.15, 0.2) is 48.5 Å². The third kappa shape index (κ3) is 6.33. The number of rotatable bonds is 9. The van der Waals surface area contributed by atoms with Crippen molar-refractivity contribution < 1.29 is 19.1 Å². The molecule has 0 aliphatic rings. The minimum absolute atomic E-state index is 0.0379. The highest BCUT2D eigenvalue weighted by Gasteiger charge is 2.14. The first-order chi connectivity index (χ1) is 13.0. The molecule has 0 saturated carbocycles. The largest absolute Gasteiger partial charge is 0.493 e. The fourth-order valence-corrected chi connectivity index (χ4v) is 2.69. The fraction of sp³-hybridized carbons (Fsp3) is 0.333. The van der Waals surface area contributed by atoms with Gasteiger partial charge in [0.05, 0.1) is 20.8 Å². The Balaban J connectivity index is 1.84. The first-order valence-electron chi connectivity index (χ1n) is 8.80. The first-order valence-corrected chi connectivity index (χ1v) is 8.80. The molecule has 144 valence electrons. The Kier molecular flexibility index (Phi) is 7.67. The average Bonchev–Trinajstić information content (AvgIpc) is 2.68. The van der Waals surface area contributed by atoms with Gasteiger partial charge in [0.25, 0.3) is 0 Å². The van der Waals surface area contributed by atoms with Crippen molar-refractivity contribution in [2.45, 2.75) is 19.9 Å². The van der Waals surface area contributed by atoms with Crippen molar-refractivity contribution in [3.05, 3.63) is 59.7 Å². The normalized spacial score (nSPS) is 10.2. The van der Waals surface area contributed by atoms with Crippen LogP contribution in [0.4, 0.5) is 0 Å². The van der Waals surface area contributed by atoms with Crippen molar-refractivity contribution in [3.8, 4) is 11.5 Å². The summed E-state index contributed by atoms with van der Waals surface area (Å²) < 4.78 is 10.5. The van der Waals surface area contributed by atoms with Gasteiger partial charge in [0.2, 0.25) is 11.8 Å². The smallest absolute Gasteiger partial charge is 0.239 e. The van der Waals surface area contributed by atoms with Crippen molar-refractivity contribution in [2.75, 3.05) is 27.3 Å². The van der Waals surface area contributed by atoms with E-state index in [2.05, 4.69) is 5.32 Å². The standard InChI is InChI=1S/C21H26N2O4/c1-16(24)23(14-18-7-5-4-6-8-18)15-21(25)22-12-11-17-9-10-19(26-2)20(13-17)27-3/h4-10,13H,11-12,14-15H2,1-3H3,(H,22,25). The van der Waals surface area contributed by atoms with Crippen LogP contribution in [-0.2, 0) is 22.6 Å². The molecule has 2 aromatic carbocycles. The molecule has 2 aromatic rings. The van der Waals surface area contributed by atoms with Gasteiger partial charge in [-0.2, -0.15) is 0 Å². The quantitative estimate of drug-likeness (QED) is 0.736. The highest BCUT2D eigenvalue weighted by molar-refractivity contribution is 5.83. The van der Waals surface area contributed by atoms with E-state index in [0.717, 1.165) is 11.1 Å². The highest BCUT2D eigenvalue weighted by atomic mass is 16.5. The van der Waals surface area contributed by atoms with Crippen LogP contribution in [0.25, 0.3) is 0 Å². The average molecular weight is 370 g/mol. The summed E-state index contributed by atoms with van der Waals surface area (Å²) in [5.74, 6) is 1.02. The van der Waals surface area contributed by atoms with Crippen LogP contribution < -0.4 is 14.8 Å². The number of carbonyl (C=O) groups excluding carboxylic acids is 2. The topological polar surface area (TPSA) is 67.9 Å². The van der Waals surface area contributed by atoms with Gasteiger partial charge in [-0.15, -0.1) is 0 Å². The Morgan fingerprint density at radius 3 is 2.30 bits per heavy atom. The van der Waals surface area contributed by atoms with Crippen molar-refractivity contribution in [1.82, 2.24) is 10.2 Å². The number of amides is 2. The maximum Gasteiger partial charge on any atom is 0.239 e. The Morgan fingerprint density at radius 2 is 1.67 bits per heavy atom. The molecular weight excluding hydrogens is 344 g/mol.